The van der Waals surface area contributed by atoms with Crippen LogP contribution in [0.1, 0.15) is 38.4 Å². The van der Waals surface area contributed by atoms with Crippen molar-refractivity contribution in [1.29, 1.82) is 0 Å². The van der Waals surface area contributed by atoms with Crippen LogP contribution in [0.3, 0.4) is 0 Å². The summed E-state index contributed by atoms with van der Waals surface area (Å²) in [5.74, 6) is 0.771. The average Bonchev–Trinajstić information content (AvgIpc) is 3.05. The molecule has 21 heavy (non-hydrogen) atoms. The zero-order valence-electron chi connectivity index (χ0n) is 12.4. The third-order valence-electron chi connectivity index (χ3n) is 4.55. The molecule has 1 aromatic rings. The lowest BCUT2D eigenvalue weighted by Gasteiger charge is -2.31. The minimum absolute atomic E-state index is 0.0294. The first-order chi connectivity index (χ1) is 9.93. The number of amides is 2. The summed E-state index contributed by atoms with van der Waals surface area (Å²) in [5.41, 5.74) is 0. The van der Waals surface area contributed by atoms with Crippen LogP contribution in [-0.4, -0.2) is 39.9 Å². The van der Waals surface area contributed by atoms with Gasteiger partial charge >= 0.3 is 12.0 Å². The summed E-state index contributed by atoms with van der Waals surface area (Å²) in [6.07, 6.45) is 1.75. The monoisotopic (exact) mass is 312 g/mol. The second-order valence-electron chi connectivity index (χ2n) is 5.88. The quantitative estimate of drug-likeness (QED) is 0.662. The Bertz CT molecular complexity index is 516. The first kappa shape index (κ1) is 16.1. The van der Waals surface area contributed by atoms with E-state index in [0.717, 1.165) is 5.76 Å². The molecule has 0 saturated carbocycles. The van der Waals surface area contributed by atoms with Crippen LogP contribution in [0.4, 0.5) is 4.79 Å². The number of carboxylic acid groups (broad SMARTS) is 1. The summed E-state index contributed by atoms with van der Waals surface area (Å²) in [5, 5.41) is 9.74. The predicted octanol–water partition coefficient (Wildman–Crippen LogP) is 3.13. The van der Waals surface area contributed by atoms with Crippen LogP contribution in [0.2, 0.25) is 0 Å². The Morgan fingerprint density at radius 3 is 2.81 bits per heavy atom. The van der Waals surface area contributed by atoms with Crippen molar-refractivity contribution in [2.45, 2.75) is 38.6 Å². The smallest absolute Gasteiger partial charge is 0.469 e. The first-order valence-electron chi connectivity index (χ1n) is 7.23. The lowest BCUT2D eigenvalue weighted by molar-refractivity contribution is -0.794. The molecule has 0 radical (unpaired) electrons. The number of hydrogen-bond donors (Lipinski definition) is 2. The molecule has 2 unspecified atom stereocenters. The van der Waals surface area contributed by atoms with Gasteiger partial charge < -0.3 is 9.52 Å². The fraction of sp³-hybridized carbons (Fsp3) is 0.600. The Labute approximate surface area is 129 Å². The van der Waals surface area contributed by atoms with E-state index in [1.165, 1.54) is 0 Å². The maximum atomic E-state index is 12.8. The van der Waals surface area contributed by atoms with Gasteiger partial charge in [0, 0.05) is 6.42 Å². The van der Waals surface area contributed by atoms with E-state index in [1.54, 1.807) is 19.3 Å². The van der Waals surface area contributed by atoms with E-state index < -0.39 is 10.6 Å². The Morgan fingerprint density at radius 1 is 1.57 bits per heavy atom. The Hall–Kier alpha value is -1.27. The molecule has 1 saturated heterocycles. The van der Waals surface area contributed by atoms with Crippen LogP contribution >= 0.6 is 12.6 Å². The highest BCUT2D eigenvalue weighted by Crippen LogP contribution is 2.39. The summed E-state index contributed by atoms with van der Waals surface area (Å²) in [6, 6.07) is 3.38. The second-order valence-corrected chi connectivity index (χ2v) is 6.33. The number of furan rings is 1. The molecule has 0 aliphatic carbocycles. The van der Waals surface area contributed by atoms with Gasteiger partial charge in [-0.25, -0.2) is 4.79 Å². The fourth-order valence-electron chi connectivity index (χ4n) is 3.30. The highest BCUT2D eigenvalue weighted by Gasteiger charge is 2.58. The number of carbonyl (C=O) groups is 2. The molecule has 1 aromatic heterocycles. The Balaban J connectivity index is 2.30. The van der Waals surface area contributed by atoms with E-state index in [4.69, 9.17) is 4.42 Å². The van der Waals surface area contributed by atoms with Crippen molar-refractivity contribution < 1.29 is 23.6 Å². The van der Waals surface area contributed by atoms with E-state index in [9.17, 15) is 14.7 Å². The van der Waals surface area contributed by atoms with Crippen molar-refractivity contribution in [2.75, 3.05) is 12.3 Å². The number of nitrogens with zero attached hydrogens (tertiary/aromatic N) is 1. The molecule has 2 amide bonds. The number of hydrogen-bond acceptors (Lipinski definition) is 4. The molecule has 1 fully saturated rings. The largest absolute Gasteiger partial charge is 0.521 e. The maximum Gasteiger partial charge on any atom is 0.521 e. The summed E-state index contributed by atoms with van der Waals surface area (Å²) in [7, 11) is 0. The van der Waals surface area contributed by atoms with Gasteiger partial charge in [0.05, 0.1) is 18.1 Å². The van der Waals surface area contributed by atoms with Gasteiger partial charge in [0.15, 0.2) is 0 Å². The van der Waals surface area contributed by atoms with E-state index >= 15 is 0 Å². The molecule has 1 aliphatic heterocycles. The lowest BCUT2D eigenvalue weighted by atomic mass is 10.0. The number of rotatable bonds is 4. The molecule has 0 aromatic carbocycles. The van der Waals surface area contributed by atoms with Gasteiger partial charge in [0.25, 0.3) is 0 Å². The van der Waals surface area contributed by atoms with E-state index in [0.29, 0.717) is 18.6 Å². The minimum Gasteiger partial charge on any atom is -0.469 e. The molecular formula is C15H22NO4S+. The molecule has 6 heteroatoms. The van der Waals surface area contributed by atoms with Crippen LogP contribution in [0.15, 0.2) is 22.8 Å². The number of likely N-dealkylation sites (tertiary alicyclic amines) is 1. The Morgan fingerprint density at radius 2 is 2.29 bits per heavy atom. The topological polar surface area (TPSA) is 67.5 Å². The molecule has 1 N–H and O–H groups in total. The van der Waals surface area contributed by atoms with Crippen LogP contribution in [0, 0.1) is 5.92 Å². The molecule has 116 valence electrons. The first-order valence-corrected chi connectivity index (χ1v) is 7.86. The van der Waals surface area contributed by atoms with Gasteiger partial charge in [0.1, 0.15) is 18.3 Å². The highest BCUT2D eigenvalue weighted by atomic mass is 32.1. The van der Waals surface area contributed by atoms with Crippen LogP contribution < -0.4 is 0 Å². The van der Waals surface area contributed by atoms with Gasteiger partial charge in [0.2, 0.25) is 0 Å². The average molecular weight is 312 g/mol. The number of imide groups is 1. The third-order valence-corrected chi connectivity index (χ3v) is 4.81. The van der Waals surface area contributed by atoms with Crippen molar-refractivity contribution in [3.8, 4) is 0 Å². The van der Waals surface area contributed by atoms with Crippen molar-refractivity contribution in [2.24, 2.45) is 5.92 Å². The number of thiol groups is 1. The van der Waals surface area contributed by atoms with Gasteiger partial charge in [-0.2, -0.15) is 21.9 Å². The van der Waals surface area contributed by atoms with Crippen LogP contribution in [0.5, 0.6) is 0 Å². The van der Waals surface area contributed by atoms with Crippen LogP contribution in [-0.2, 0) is 4.79 Å². The van der Waals surface area contributed by atoms with Crippen molar-refractivity contribution >= 4 is 24.6 Å². The maximum absolute atomic E-state index is 12.8. The molecular weight excluding hydrogens is 290 g/mol. The van der Waals surface area contributed by atoms with Gasteiger partial charge in [-0.05, 0) is 38.2 Å². The lowest BCUT2D eigenvalue weighted by Crippen LogP contribution is -2.60. The molecule has 0 bridgehead atoms. The summed E-state index contributed by atoms with van der Waals surface area (Å²) >= 11 is 4.14. The third kappa shape index (κ3) is 2.74. The van der Waals surface area contributed by atoms with Gasteiger partial charge in [-0.1, -0.05) is 0 Å². The van der Waals surface area contributed by atoms with E-state index in [2.05, 4.69) is 12.6 Å². The van der Waals surface area contributed by atoms with Crippen molar-refractivity contribution in [3.63, 3.8) is 0 Å². The number of carbonyl (C=O) groups excluding carboxylic acids is 1. The predicted molar refractivity (Wildman–Crippen MR) is 81.3 cm³/mol. The van der Waals surface area contributed by atoms with Crippen LogP contribution in [0.25, 0.3) is 0 Å². The zero-order chi connectivity index (χ0) is 15.6. The molecule has 4 atom stereocenters. The minimum atomic E-state index is -1.06. The molecule has 1 aliphatic rings. The summed E-state index contributed by atoms with van der Waals surface area (Å²) in [6.45, 7) is 3.89. The summed E-state index contributed by atoms with van der Waals surface area (Å²) in [4.78, 5) is 24.7. The van der Waals surface area contributed by atoms with E-state index in [-0.39, 0.29) is 30.3 Å². The van der Waals surface area contributed by atoms with Crippen molar-refractivity contribution in [1.82, 2.24) is 0 Å². The normalized spacial score (nSPS) is 30.2. The Kier molecular flexibility index (Phi) is 4.78. The number of quaternary nitrogens is 1. The van der Waals surface area contributed by atoms with Gasteiger partial charge in [-0.15, -0.1) is 0 Å². The fourth-order valence-corrected chi connectivity index (χ4v) is 3.69. The highest BCUT2D eigenvalue weighted by molar-refractivity contribution is 7.80. The SMILES string of the molecule is CC(CCS)C(=O)[N@+]1(C(=O)O)C[C@@H](c2ccco2)CC1C. The molecule has 2 heterocycles. The molecule has 2 rings (SSSR count). The standard InChI is InChI=1S/C15H21NO4S/c1-10(5-7-21)14(17)16(15(18)19)9-12(8-11(16)2)13-4-3-6-20-13/h3-4,6,10-12H,5,7-9H2,1-2H3,(H-,18,19,21)/p+1/t10?,11?,12-,16-/m0/s1. The zero-order valence-corrected chi connectivity index (χ0v) is 13.3. The van der Waals surface area contributed by atoms with Gasteiger partial charge in [-0.3, -0.25) is 0 Å². The molecule has 5 nitrogen and oxygen atoms in total. The van der Waals surface area contributed by atoms with E-state index in [1.807, 2.05) is 13.0 Å². The summed E-state index contributed by atoms with van der Waals surface area (Å²) < 4.78 is 4.90. The van der Waals surface area contributed by atoms with Crippen molar-refractivity contribution in [3.05, 3.63) is 24.2 Å². The second kappa shape index (κ2) is 6.23. The molecule has 0 spiro atoms.